The van der Waals surface area contributed by atoms with Crippen LogP contribution in [0.25, 0.3) is 0 Å². The third-order valence-electron chi connectivity index (χ3n) is 3.18. The fourth-order valence-electron chi connectivity index (χ4n) is 2.12. The molecule has 1 saturated heterocycles. The van der Waals surface area contributed by atoms with Gasteiger partial charge in [0.1, 0.15) is 0 Å². The van der Waals surface area contributed by atoms with Crippen LogP contribution in [-0.4, -0.2) is 61.2 Å². The topological polar surface area (TPSA) is 52.9 Å². The number of hydrogen-bond donors (Lipinski definition) is 2. The Balaban J connectivity index is 2.09. The van der Waals surface area contributed by atoms with E-state index in [2.05, 4.69) is 11.9 Å². The Morgan fingerprint density at radius 2 is 2.12 bits per heavy atom. The van der Waals surface area contributed by atoms with Crippen molar-refractivity contribution < 1.29 is 14.9 Å². The molecule has 0 saturated carbocycles. The van der Waals surface area contributed by atoms with Crippen molar-refractivity contribution in [2.45, 2.75) is 31.8 Å². The highest BCUT2D eigenvalue weighted by atomic mass is 16.5. The van der Waals surface area contributed by atoms with Gasteiger partial charge in [0.2, 0.25) is 0 Å². The van der Waals surface area contributed by atoms with E-state index in [9.17, 15) is 5.11 Å². The number of aliphatic hydroxyl groups excluding tert-OH is 2. The van der Waals surface area contributed by atoms with Crippen molar-refractivity contribution in [3.8, 4) is 0 Å². The Labute approximate surface area is 98.2 Å². The van der Waals surface area contributed by atoms with Crippen LogP contribution in [0.3, 0.4) is 0 Å². The number of nitrogens with zero attached hydrogens (tertiary/aromatic N) is 1. The zero-order valence-corrected chi connectivity index (χ0v) is 10.3. The molecule has 2 N–H and O–H groups in total. The lowest BCUT2D eigenvalue weighted by Crippen LogP contribution is -2.39. The molecule has 1 aliphatic heterocycles. The minimum absolute atomic E-state index is 0.200. The molecule has 2 atom stereocenters. The number of rotatable bonds is 7. The SMILES string of the molecule is CN(CCCCCO)CC1COCCC1O. The van der Waals surface area contributed by atoms with Gasteiger partial charge in [0.05, 0.1) is 12.7 Å². The molecule has 0 radical (unpaired) electrons. The number of ether oxygens (including phenoxy) is 1. The first-order valence-corrected chi connectivity index (χ1v) is 6.29. The van der Waals surface area contributed by atoms with Gasteiger partial charge >= 0.3 is 0 Å². The number of unbranched alkanes of at least 4 members (excludes halogenated alkanes) is 2. The Morgan fingerprint density at radius 1 is 1.31 bits per heavy atom. The van der Waals surface area contributed by atoms with Crippen LogP contribution in [0.5, 0.6) is 0 Å². The van der Waals surface area contributed by atoms with Crippen LogP contribution in [0.2, 0.25) is 0 Å². The van der Waals surface area contributed by atoms with Crippen molar-refractivity contribution >= 4 is 0 Å². The third-order valence-corrected chi connectivity index (χ3v) is 3.18. The summed E-state index contributed by atoms with van der Waals surface area (Å²) in [6.07, 6.45) is 3.64. The lowest BCUT2D eigenvalue weighted by Gasteiger charge is -2.31. The van der Waals surface area contributed by atoms with Gasteiger partial charge in [-0.2, -0.15) is 0 Å². The quantitative estimate of drug-likeness (QED) is 0.626. The third kappa shape index (κ3) is 5.25. The largest absolute Gasteiger partial charge is 0.396 e. The van der Waals surface area contributed by atoms with Crippen molar-refractivity contribution in [3.05, 3.63) is 0 Å². The highest BCUT2D eigenvalue weighted by Gasteiger charge is 2.24. The molecule has 2 unspecified atom stereocenters. The van der Waals surface area contributed by atoms with E-state index in [4.69, 9.17) is 9.84 Å². The summed E-state index contributed by atoms with van der Waals surface area (Å²) >= 11 is 0. The van der Waals surface area contributed by atoms with E-state index >= 15 is 0 Å². The second-order valence-corrected chi connectivity index (χ2v) is 4.74. The van der Waals surface area contributed by atoms with E-state index < -0.39 is 0 Å². The average Bonchev–Trinajstić information content (AvgIpc) is 2.28. The molecule has 1 fully saturated rings. The van der Waals surface area contributed by atoms with Crippen LogP contribution in [0.1, 0.15) is 25.7 Å². The van der Waals surface area contributed by atoms with Gasteiger partial charge in [0.15, 0.2) is 0 Å². The van der Waals surface area contributed by atoms with Crippen molar-refractivity contribution in [2.24, 2.45) is 5.92 Å². The first-order chi connectivity index (χ1) is 7.74. The van der Waals surface area contributed by atoms with Gasteiger partial charge < -0.3 is 19.8 Å². The molecule has 0 aromatic carbocycles. The van der Waals surface area contributed by atoms with Crippen LogP contribution in [0.4, 0.5) is 0 Å². The molecule has 4 nitrogen and oxygen atoms in total. The zero-order chi connectivity index (χ0) is 11.8. The molecule has 0 bridgehead atoms. The molecule has 0 spiro atoms. The van der Waals surface area contributed by atoms with E-state index in [1.54, 1.807) is 0 Å². The van der Waals surface area contributed by atoms with Crippen molar-refractivity contribution in [2.75, 3.05) is 40.0 Å². The minimum atomic E-state index is -0.200. The minimum Gasteiger partial charge on any atom is -0.396 e. The molecule has 16 heavy (non-hydrogen) atoms. The second kappa shape index (κ2) is 8.01. The Kier molecular flexibility index (Phi) is 6.96. The summed E-state index contributed by atoms with van der Waals surface area (Å²) in [6, 6.07) is 0. The van der Waals surface area contributed by atoms with E-state index in [-0.39, 0.29) is 12.0 Å². The second-order valence-electron chi connectivity index (χ2n) is 4.74. The van der Waals surface area contributed by atoms with Gasteiger partial charge in [-0.1, -0.05) is 0 Å². The summed E-state index contributed by atoms with van der Waals surface area (Å²) in [4.78, 5) is 2.25. The normalized spacial score (nSPS) is 26.2. The van der Waals surface area contributed by atoms with Crippen LogP contribution in [0.15, 0.2) is 0 Å². The summed E-state index contributed by atoms with van der Waals surface area (Å²) in [7, 11) is 2.08. The molecule has 96 valence electrons. The smallest absolute Gasteiger partial charge is 0.0624 e. The number of aliphatic hydroxyl groups is 2. The molecule has 4 heteroatoms. The van der Waals surface area contributed by atoms with Gasteiger partial charge in [-0.25, -0.2) is 0 Å². The predicted molar refractivity (Wildman–Crippen MR) is 63.4 cm³/mol. The highest BCUT2D eigenvalue weighted by molar-refractivity contribution is 4.75. The standard InChI is InChI=1S/C12H25NO3/c1-13(6-3-2-4-7-14)9-11-10-16-8-5-12(11)15/h11-12,14-15H,2-10H2,1H3. The Hall–Kier alpha value is -0.160. The molecule has 0 aliphatic carbocycles. The van der Waals surface area contributed by atoms with Crippen molar-refractivity contribution in [3.63, 3.8) is 0 Å². The van der Waals surface area contributed by atoms with Crippen molar-refractivity contribution in [1.29, 1.82) is 0 Å². The highest BCUT2D eigenvalue weighted by Crippen LogP contribution is 2.15. The molecule has 1 aliphatic rings. The van der Waals surface area contributed by atoms with Crippen LogP contribution < -0.4 is 0 Å². The van der Waals surface area contributed by atoms with Gasteiger partial charge in [0, 0.05) is 25.7 Å². The summed E-state index contributed by atoms with van der Waals surface area (Å²) < 4.78 is 5.38. The summed E-state index contributed by atoms with van der Waals surface area (Å²) in [5.41, 5.74) is 0. The van der Waals surface area contributed by atoms with Gasteiger partial charge in [-0.15, -0.1) is 0 Å². The van der Waals surface area contributed by atoms with Crippen LogP contribution in [-0.2, 0) is 4.74 Å². The molecule has 0 aromatic heterocycles. The van der Waals surface area contributed by atoms with E-state index in [1.807, 2.05) is 0 Å². The average molecular weight is 231 g/mol. The van der Waals surface area contributed by atoms with Gasteiger partial charge in [-0.05, 0) is 39.3 Å². The molecule has 0 aromatic rings. The lowest BCUT2D eigenvalue weighted by molar-refractivity contribution is -0.0445. The fourth-order valence-corrected chi connectivity index (χ4v) is 2.12. The summed E-state index contributed by atoms with van der Waals surface area (Å²) in [6.45, 7) is 3.60. The van der Waals surface area contributed by atoms with Crippen LogP contribution >= 0.6 is 0 Å². The first kappa shape index (κ1) is 13.9. The molecular formula is C12H25NO3. The molecule has 1 rings (SSSR count). The van der Waals surface area contributed by atoms with Gasteiger partial charge in [0.25, 0.3) is 0 Å². The Morgan fingerprint density at radius 3 is 2.81 bits per heavy atom. The summed E-state index contributed by atoms with van der Waals surface area (Å²) in [5, 5.41) is 18.5. The maximum Gasteiger partial charge on any atom is 0.0624 e. The van der Waals surface area contributed by atoms with Crippen molar-refractivity contribution in [1.82, 2.24) is 4.90 Å². The lowest BCUT2D eigenvalue weighted by atomic mass is 9.98. The maximum absolute atomic E-state index is 9.79. The van der Waals surface area contributed by atoms with E-state index in [0.29, 0.717) is 19.8 Å². The number of hydrogen-bond acceptors (Lipinski definition) is 4. The van der Waals surface area contributed by atoms with E-state index in [1.165, 1.54) is 0 Å². The monoisotopic (exact) mass is 231 g/mol. The van der Waals surface area contributed by atoms with Gasteiger partial charge in [-0.3, -0.25) is 0 Å². The summed E-state index contributed by atoms with van der Waals surface area (Å²) in [5.74, 6) is 0.261. The Bertz CT molecular complexity index is 178. The van der Waals surface area contributed by atoms with E-state index in [0.717, 1.165) is 38.8 Å². The maximum atomic E-state index is 9.79. The molecule has 1 heterocycles. The zero-order valence-electron chi connectivity index (χ0n) is 10.3. The van der Waals surface area contributed by atoms with Crippen LogP contribution in [0, 0.1) is 5.92 Å². The fraction of sp³-hybridized carbons (Fsp3) is 1.00. The predicted octanol–water partition coefficient (Wildman–Crippen LogP) is 0.478. The molecule has 0 amide bonds. The first-order valence-electron chi connectivity index (χ1n) is 6.29. The molecular weight excluding hydrogens is 206 g/mol.